The van der Waals surface area contributed by atoms with E-state index in [0.29, 0.717) is 30.8 Å². The third-order valence-corrected chi connectivity index (χ3v) is 2.75. The molecule has 0 heterocycles. The van der Waals surface area contributed by atoms with Crippen LogP contribution in [0.1, 0.15) is 29.3 Å². The van der Waals surface area contributed by atoms with Crippen molar-refractivity contribution in [2.75, 3.05) is 25.4 Å². The average molecular weight is 236 g/mol. The number of nitrogen functional groups attached to an aromatic ring is 1. The SMILES string of the molecule is CCN(CCCO)C(=O)c1cc(N)ccc1C. The van der Waals surface area contributed by atoms with E-state index in [1.165, 1.54) is 0 Å². The van der Waals surface area contributed by atoms with Crippen molar-refractivity contribution in [3.63, 3.8) is 0 Å². The van der Waals surface area contributed by atoms with Crippen LogP contribution in [0.25, 0.3) is 0 Å². The summed E-state index contributed by atoms with van der Waals surface area (Å²) in [6.45, 7) is 5.12. The molecule has 17 heavy (non-hydrogen) atoms. The number of anilines is 1. The van der Waals surface area contributed by atoms with Gasteiger partial charge >= 0.3 is 0 Å². The molecular formula is C13H20N2O2. The van der Waals surface area contributed by atoms with Crippen LogP contribution >= 0.6 is 0 Å². The maximum atomic E-state index is 12.2. The van der Waals surface area contributed by atoms with Crippen molar-refractivity contribution in [2.24, 2.45) is 0 Å². The molecule has 1 aromatic carbocycles. The highest BCUT2D eigenvalue weighted by molar-refractivity contribution is 5.96. The summed E-state index contributed by atoms with van der Waals surface area (Å²) in [6.07, 6.45) is 0.598. The maximum absolute atomic E-state index is 12.2. The van der Waals surface area contributed by atoms with Gasteiger partial charge in [-0.3, -0.25) is 4.79 Å². The third-order valence-electron chi connectivity index (χ3n) is 2.75. The minimum Gasteiger partial charge on any atom is -0.399 e. The van der Waals surface area contributed by atoms with Crippen LogP contribution in [0.15, 0.2) is 18.2 Å². The van der Waals surface area contributed by atoms with Crippen LogP contribution in [-0.2, 0) is 0 Å². The Bertz CT molecular complexity index is 391. The van der Waals surface area contributed by atoms with Crippen molar-refractivity contribution >= 4 is 11.6 Å². The second-order valence-electron chi connectivity index (χ2n) is 4.04. The van der Waals surface area contributed by atoms with Gasteiger partial charge < -0.3 is 15.7 Å². The summed E-state index contributed by atoms with van der Waals surface area (Å²) in [6, 6.07) is 5.35. The van der Waals surface area contributed by atoms with E-state index in [0.717, 1.165) is 5.56 Å². The van der Waals surface area contributed by atoms with E-state index in [2.05, 4.69) is 0 Å². The van der Waals surface area contributed by atoms with Gasteiger partial charge in [0.2, 0.25) is 0 Å². The molecular weight excluding hydrogens is 216 g/mol. The van der Waals surface area contributed by atoms with E-state index in [1.807, 2.05) is 19.9 Å². The van der Waals surface area contributed by atoms with Gasteiger partial charge in [-0.1, -0.05) is 6.07 Å². The summed E-state index contributed by atoms with van der Waals surface area (Å²) in [5.41, 5.74) is 7.86. The molecule has 94 valence electrons. The zero-order valence-electron chi connectivity index (χ0n) is 10.4. The summed E-state index contributed by atoms with van der Waals surface area (Å²) in [4.78, 5) is 14.0. The lowest BCUT2D eigenvalue weighted by atomic mass is 10.1. The molecule has 0 saturated heterocycles. The van der Waals surface area contributed by atoms with Gasteiger partial charge in [0.25, 0.3) is 5.91 Å². The zero-order valence-corrected chi connectivity index (χ0v) is 10.4. The van der Waals surface area contributed by atoms with E-state index < -0.39 is 0 Å². The quantitative estimate of drug-likeness (QED) is 0.760. The van der Waals surface area contributed by atoms with Crippen molar-refractivity contribution < 1.29 is 9.90 Å². The normalized spacial score (nSPS) is 10.3. The molecule has 1 rings (SSSR count). The van der Waals surface area contributed by atoms with Crippen molar-refractivity contribution in [3.8, 4) is 0 Å². The fourth-order valence-electron chi connectivity index (χ4n) is 1.71. The number of nitrogens with two attached hydrogens (primary N) is 1. The van der Waals surface area contributed by atoms with Gasteiger partial charge in [0.15, 0.2) is 0 Å². The largest absolute Gasteiger partial charge is 0.399 e. The molecule has 0 saturated carbocycles. The summed E-state index contributed by atoms with van der Waals surface area (Å²) in [5.74, 6) is -0.0225. The van der Waals surface area contributed by atoms with E-state index >= 15 is 0 Å². The molecule has 0 spiro atoms. The van der Waals surface area contributed by atoms with Crippen molar-refractivity contribution in [2.45, 2.75) is 20.3 Å². The third kappa shape index (κ3) is 3.46. The molecule has 0 aliphatic heterocycles. The molecule has 0 aromatic heterocycles. The Hall–Kier alpha value is -1.55. The van der Waals surface area contributed by atoms with Gasteiger partial charge in [0, 0.05) is 30.9 Å². The number of carbonyl (C=O) groups is 1. The van der Waals surface area contributed by atoms with E-state index in [9.17, 15) is 4.79 Å². The Morgan fingerprint density at radius 2 is 2.18 bits per heavy atom. The highest BCUT2D eigenvalue weighted by Gasteiger charge is 2.15. The molecule has 0 unspecified atom stereocenters. The van der Waals surface area contributed by atoms with Crippen LogP contribution in [-0.4, -0.2) is 35.6 Å². The van der Waals surface area contributed by atoms with Crippen LogP contribution < -0.4 is 5.73 Å². The number of benzene rings is 1. The van der Waals surface area contributed by atoms with Gasteiger partial charge in [0.05, 0.1) is 0 Å². The highest BCUT2D eigenvalue weighted by Crippen LogP contribution is 2.15. The number of hydrogen-bond acceptors (Lipinski definition) is 3. The number of aliphatic hydroxyl groups excluding tert-OH is 1. The lowest BCUT2D eigenvalue weighted by molar-refractivity contribution is 0.0753. The minimum absolute atomic E-state index is 0.0225. The van der Waals surface area contributed by atoms with Gasteiger partial charge in [-0.25, -0.2) is 0 Å². The van der Waals surface area contributed by atoms with Crippen LogP contribution in [0.4, 0.5) is 5.69 Å². The Balaban J connectivity index is 2.89. The van der Waals surface area contributed by atoms with E-state index in [-0.39, 0.29) is 12.5 Å². The molecule has 0 fully saturated rings. The predicted molar refractivity (Wildman–Crippen MR) is 68.9 cm³/mol. The molecule has 4 nitrogen and oxygen atoms in total. The van der Waals surface area contributed by atoms with Crippen LogP contribution in [0.3, 0.4) is 0 Å². The highest BCUT2D eigenvalue weighted by atomic mass is 16.3. The van der Waals surface area contributed by atoms with E-state index in [4.69, 9.17) is 10.8 Å². The fourth-order valence-corrected chi connectivity index (χ4v) is 1.71. The molecule has 1 aromatic rings. The first kappa shape index (κ1) is 13.5. The summed E-state index contributed by atoms with van der Waals surface area (Å²) < 4.78 is 0. The second-order valence-corrected chi connectivity index (χ2v) is 4.04. The molecule has 0 atom stereocenters. The van der Waals surface area contributed by atoms with Crippen LogP contribution in [0, 0.1) is 6.92 Å². The Labute approximate surface area is 102 Å². The number of carbonyl (C=O) groups excluding carboxylic acids is 1. The van der Waals surface area contributed by atoms with Crippen molar-refractivity contribution in [3.05, 3.63) is 29.3 Å². The predicted octanol–water partition coefficient (Wildman–Crippen LogP) is 1.42. The number of amides is 1. The maximum Gasteiger partial charge on any atom is 0.254 e. The van der Waals surface area contributed by atoms with Crippen LogP contribution in [0.5, 0.6) is 0 Å². The Kier molecular flexibility index (Phi) is 4.97. The second kappa shape index (κ2) is 6.25. The molecule has 4 heteroatoms. The molecule has 0 radical (unpaired) electrons. The fraction of sp³-hybridized carbons (Fsp3) is 0.462. The lowest BCUT2D eigenvalue weighted by Crippen LogP contribution is -2.32. The monoisotopic (exact) mass is 236 g/mol. The average Bonchev–Trinajstić information content (AvgIpc) is 2.33. The molecule has 0 aliphatic rings. The van der Waals surface area contributed by atoms with Crippen molar-refractivity contribution in [1.82, 2.24) is 4.90 Å². The molecule has 1 amide bonds. The van der Waals surface area contributed by atoms with Crippen molar-refractivity contribution in [1.29, 1.82) is 0 Å². The van der Waals surface area contributed by atoms with Crippen LogP contribution in [0.2, 0.25) is 0 Å². The summed E-state index contributed by atoms with van der Waals surface area (Å²) in [7, 11) is 0. The van der Waals surface area contributed by atoms with E-state index in [1.54, 1.807) is 17.0 Å². The van der Waals surface area contributed by atoms with Gasteiger partial charge in [0.1, 0.15) is 0 Å². The standard InChI is InChI=1S/C13H20N2O2/c1-3-15(7-4-8-16)13(17)12-9-11(14)6-5-10(12)2/h5-6,9,16H,3-4,7-8,14H2,1-2H3. The minimum atomic E-state index is -0.0225. The topological polar surface area (TPSA) is 66.6 Å². The number of aliphatic hydroxyl groups is 1. The first-order valence-corrected chi connectivity index (χ1v) is 5.86. The smallest absolute Gasteiger partial charge is 0.254 e. The Morgan fingerprint density at radius 1 is 1.47 bits per heavy atom. The number of rotatable bonds is 5. The number of aryl methyl sites for hydroxylation is 1. The lowest BCUT2D eigenvalue weighted by Gasteiger charge is -2.21. The number of nitrogens with zero attached hydrogens (tertiary/aromatic N) is 1. The van der Waals surface area contributed by atoms with Gasteiger partial charge in [-0.05, 0) is 38.0 Å². The number of hydrogen-bond donors (Lipinski definition) is 2. The molecule has 0 bridgehead atoms. The summed E-state index contributed by atoms with van der Waals surface area (Å²) >= 11 is 0. The molecule has 0 aliphatic carbocycles. The van der Waals surface area contributed by atoms with Gasteiger partial charge in [-0.15, -0.1) is 0 Å². The van der Waals surface area contributed by atoms with Gasteiger partial charge in [-0.2, -0.15) is 0 Å². The first-order chi connectivity index (χ1) is 8.10. The molecule has 3 N–H and O–H groups in total. The summed E-state index contributed by atoms with van der Waals surface area (Å²) in [5, 5.41) is 8.80. The first-order valence-electron chi connectivity index (χ1n) is 5.86. The Morgan fingerprint density at radius 3 is 2.76 bits per heavy atom. The zero-order chi connectivity index (χ0) is 12.8.